The number of rotatable bonds is 1. The molecule has 0 aliphatic carbocycles. The molecule has 1 saturated heterocycles. The number of carbonyl (C=O) groups is 2. The van der Waals surface area contributed by atoms with E-state index in [4.69, 9.17) is 0 Å². The summed E-state index contributed by atoms with van der Waals surface area (Å²) in [6.45, 7) is 2.65. The van der Waals surface area contributed by atoms with E-state index < -0.39 is 0 Å². The third-order valence-corrected chi connectivity index (χ3v) is 2.25. The molecule has 5 nitrogen and oxygen atoms in total. The first-order valence-electron chi connectivity index (χ1n) is 4.30. The molecule has 2 rings (SSSR count). The van der Waals surface area contributed by atoms with E-state index in [-0.39, 0.29) is 18.2 Å². The zero-order valence-electron chi connectivity index (χ0n) is 7.39. The molecule has 0 aromatic carbocycles. The van der Waals surface area contributed by atoms with Crippen molar-refractivity contribution < 1.29 is 9.59 Å². The monoisotopic (exact) mass is 181 g/mol. The first kappa shape index (κ1) is 8.25. The van der Waals surface area contributed by atoms with Crippen LogP contribution in [0.15, 0.2) is 11.4 Å². The lowest BCUT2D eigenvalue weighted by molar-refractivity contribution is -0.139. The van der Waals surface area contributed by atoms with E-state index in [1.165, 1.54) is 5.01 Å². The summed E-state index contributed by atoms with van der Waals surface area (Å²) in [6.07, 6.45) is 0.778. The van der Waals surface area contributed by atoms with Gasteiger partial charge in [-0.1, -0.05) is 6.92 Å². The number of nitrogens with one attached hydrogen (secondary N) is 2. The van der Waals surface area contributed by atoms with Crippen molar-refractivity contribution in [1.82, 2.24) is 15.8 Å². The second kappa shape index (κ2) is 2.85. The quantitative estimate of drug-likeness (QED) is 0.535. The molecule has 0 saturated carbocycles. The van der Waals surface area contributed by atoms with E-state index >= 15 is 0 Å². The lowest BCUT2D eigenvalue weighted by Gasteiger charge is -2.24. The summed E-state index contributed by atoms with van der Waals surface area (Å²) in [5.74, 6) is 0.247. The Kier molecular flexibility index (Phi) is 1.81. The number of fused-ring (bicyclic) bond motifs is 1. The Bertz CT molecular complexity index is 309. The van der Waals surface area contributed by atoms with Gasteiger partial charge >= 0.3 is 0 Å². The average Bonchev–Trinajstić information content (AvgIpc) is 2.47. The molecule has 2 amide bonds. The van der Waals surface area contributed by atoms with Crippen LogP contribution in [-0.2, 0) is 9.59 Å². The van der Waals surface area contributed by atoms with Crippen LogP contribution in [-0.4, -0.2) is 23.4 Å². The van der Waals surface area contributed by atoms with Crippen LogP contribution in [0, 0.1) is 0 Å². The average molecular weight is 181 g/mol. The summed E-state index contributed by atoms with van der Waals surface area (Å²) in [5.41, 5.74) is 4.00. The molecule has 2 aliphatic rings. The molecule has 1 fully saturated rings. The fourth-order valence-corrected chi connectivity index (χ4v) is 1.54. The van der Waals surface area contributed by atoms with Crippen molar-refractivity contribution in [1.29, 1.82) is 0 Å². The number of carbonyl (C=O) groups excluding carboxylic acids is 2. The molecule has 5 heteroatoms. The Morgan fingerprint density at radius 1 is 1.46 bits per heavy atom. The lowest BCUT2D eigenvalue weighted by Crippen LogP contribution is -2.49. The number of nitrogens with zero attached hydrogens (tertiary/aromatic N) is 1. The molecule has 0 spiro atoms. The number of hydrogen-bond donors (Lipinski definition) is 2. The van der Waals surface area contributed by atoms with Crippen LogP contribution in [0.3, 0.4) is 0 Å². The molecule has 2 heterocycles. The highest BCUT2D eigenvalue weighted by atomic mass is 16.2. The second-order valence-electron chi connectivity index (χ2n) is 3.09. The van der Waals surface area contributed by atoms with Crippen molar-refractivity contribution in [3.05, 3.63) is 11.4 Å². The summed E-state index contributed by atoms with van der Waals surface area (Å²) in [4.78, 5) is 22.4. The molecular weight excluding hydrogens is 170 g/mol. The van der Waals surface area contributed by atoms with Crippen LogP contribution >= 0.6 is 0 Å². The summed E-state index contributed by atoms with van der Waals surface area (Å²) in [6, 6.07) is 0. The smallest absolute Gasteiger partial charge is 0.252 e. The Hall–Kier alpha value is -1.36. The van der Waals surface area contributed by atoms with Crippen LogP contribution in [0.5, 0.6) is 0 Å². The van der Waals surface area contributed by atoms with Gasteiger partial charge in [0.1, 0.15) is 12.2 Å². The molecule has 2 aliphatic heterocycles. The van der Waals surface area contributed by atoms with Crippen molar-refractivity contribution >= 4 is 11.8 Å². The molecule has 0 aromatic rings. The molecule has 70 valence electrons. The summed E-state index contributed by atoms with van der Waals surface area (Å²) in [5, 5.41) is 4.12. The van der Waals surface area contributed by atoms with Crippen LogP contribution in [0.2, 0.25) is 0 Å². The van der Waals surface area contributed by atoms with Crippen LogP contribution < -0.4 is 10.7 Å². The summed E-state index contributed by atoms with van der Waals surface area (Å²) in [7, 11) is 0. The fourth-order valence-electron chi connectivity index (χ4n) is 1.54. The normalized spacial score (nSPS) is 22.1. The zero-order chi connectivity index (χ0) is 9.42. The molecule has 0 unspecified atom stereocenters. The predicted molar refractivity (Wildman–Crippen MR) is 44.9 cm³/mol. The van der Waals surface area contributed by atoms with Crippen molar-refractivity contribution in [2.75, 3.05) is 6.54 Å². The molecule has 2 N–H and O–H groups in total. The highest BCUT2D eigenvalue weighted by molar-refractivity contribution is 6.01. The van der Waals surface area contributed by atoms with Gasteiger partial charge in [-0.2, -0.15) is 0 Å². The van der Waals surface area contributed by atoms with Gasteiger partial charge < -0.3 is 5.32 Å². The van der Waals surface area contributed by atoms with E-state index in [1.807, 2.05) is 6.92 Å². The molecule has 0 aromatic heterocycles. The minimum Gasteiger partial charge on any atom is -0.310 e. The highest BCUT2D eigenvalue weighted by Crippen LogP contribution is 2.19. The summed E-state index contributed by atoms with van der Waals surface area (Å²) >= 11 is 0. The molecule has 0 atom stereocenters. The fraction of sp³-hybridized carbons (Fsp3) is 0.500. The standard InChI is InChI=1S/C8H11N3O2/c1-2-5-4-9-11-7(13)3-6(12)10-8(5)11/h9H,2-4H2,1H3,(H,10,12). The van der Waals surface area contributed by atoms with Crippen LogP contribution in [0.1, 0.15) is 19.8 Å². The molecule has 0 radical (unpaired) electrons. The number of hydrazine groups is 1. The minimum absolute atomic E-state index is 0.0620. The van der Waals surface area contributed by atoms with E-state index in [9.17, 15) is 9.59 Å². The maximum atomic E-state index is 11.3. The maximum Gasteiger partial charge on any atom is 0.252 e. The molecule has 0 bridgehead atoms. The van der Waals surface area contributed by atoms with Gasteiger partial charge in [-0.05, 0) is 12.0 Å². The largest absolute Gasteiger partial charge is 0.310 e. The van der Waals surface area contributed by atoms with E-state index in [2.05, 4.69) is 10.7 Å². The topological polar surface area (TPSA) is 61.4 Å². The summed E-state index contributed by atoms with van der Waals surface area (Å²) < 4.78 is 0. The van der Waals surface area contributed by atoms with Gasteiger partial charge in [0, 0.05) is 6.54 Å². The lowest BCUT2D eigenvalue weighted by atomic mass is 10.2. The van der Waals surface area contributed by atoms with Crippen molar-refractivity contribution in [2.45, 2.75) is 19.8 Å². The Morgan fingerprint density at radius 2 is 2.23 bits per heavy atom. The van der Waals surface area contributed by atoms with Gasteiger partial charge in [-0.3, -0.25) is 9.59 Å². The van der Waals surface area contributed by atoms with Gasteiger partial charge in [0.2, 0.25) is 5.91 Å². The van der Waals surface area contributed by atoms with Crippen molar-refractivity contribution in [3.63, 3.8) is 0 Å². The van der Waals surface area contributed by atoms with Crippen LogP contribution in [0.25, 0.3) is 0 Å². The van der Waals surface area contributed by atoms with Gasteiger partial charge in [0.15, 0.2) is 0 Å². The minimum atomic E-state index is -0.217. The number of amides is 2. The van der Waals surface area contributed by atoms with E-state index in [0.29, 0.717) is 12.4 Å². The molecular formula is C8H11N3O2. The van der Waals surface area contributed by atoms with Crippen molar-refractivity contribution in [3.8, 4) is 0 Å². The third kappa shape index (κ3) is 1.21. The molecule has 13 heavy (non-hydrogen) atoms. The van der Waals surface area contributed by atoms with Gasteiger partial charge in [0.05, 0.1) is 0 Å². The van der Waals surface area contributed by atoms with E-state index in [1.54, 1.807) is 0 Å². The SMILES string of the molecule is CCC1=C2NC(=O)CC(=O)N2NC1. The predicted octanol–water partition coefficient (Wildman–Crippen LogP) is -0.525. The Morgan fingerprint density at radius 3 is 2.92 bits per heavy atom. The second-order valence-corrected chi connectivity index (χ2v) is 3.09. The third-order valence-electron chi connectivity index (χ3n) is 2.25. The first-order chi connectivity index (χ1) is 6.22. The Labute approximate surface area is 75.7 Å². The number of hydrogen-bond acceptors (Lipinski definition) is 3. The van der Waals surface area contributed by atoms with E-state index in [0.717, 1.165) is 12.0 Å². The van der Waals surface area contributed by atoms with Crippen LogP contribution in [0.4, 0.5) is 0 Å². The maximum absolute atomic E-state index is 11.3. The van der Waals surface area contributed by atoms with Gasteiger partial charge in [0.25, 0.3) is 5.91 Å². The van der Waals surface area contributed by atoms with Gasteiger partial charge in [-0.15, -0.1) is 0 Å². The first-order valence-corrected chi connectivity index (χ1v) is 4.30. The van der Waals surface area contributed by atoms with Gasteiger partial charge in [-0.25, -0.2) is 10.4 Å². The highest BCUT2D eigenvalue weighted by Gasteiger charge is 2.33. The Balaban J connectivity index is 2.32. The zero-order valence-corrected chi connectivity index (χ0v) is 7.39. The van der Waals surface area contributed by atoms with Crippen molar-refractivity contribution in [2.24, 2.45) is 0 Å².